The van der Waals surface area contributed by atoms with E-state index in [1.54, 1.807) is 18.2 Å². The molecule has 0 fully saturated rings. The van der Waals surface area contributed by atoms with Crippen LogP contribution in [0.1, 0.15) is 0 Å². The summed E-state index contributed by atoms with van der Waals surface area (Å²) in [7, 11) is -4.05. The molecule has 8 heteroatoms. The van der Waals surface area contributed by atoms with Crippen molar-refractivity contribution in [2.75, 3.05) is 10.8 Å². The van der Waals surface area contributed by atoms with Crippen molar-refractivity contribution < 1.29 is 17.6 Å². The number of nitrogens with zero attached hydrogens (tertiary/aromatic N) is 1. The van der Waals surface area contributed by atoms with Gasteiger partial charge in [-0.3, -0.25) is 9.10 Å². The van der Waals surface area contributed by atoms with Gasteiger partial charge in [-0.25, -0.2) is 12.8 Å². The number of halogens is 2. The summed E-state index contributed by atoms with van der Waals surface area (Å²) in [5.74, 6) is -1.36. The number of primary amides is 1. The number of carbonyl (C=O) groups excluding carboxylic acids is 1. The second kappa shape index (κ2) is 6.45. The van der Waals surface area contributed by atoms with Crippen molar-refractivity contribution in [2.45, 2.75) is 4.90 Å². The number of benzene rings is 2. The number of hydrogen-bond donors (Lipinski definition) is 1. The van der Waals surface area contributed by atoms with Gasteiger partial charge < -0.3 is 5.73 Å². The average molecular weight is 387 g/mol. The molecule has 116 valence electrons. The molecule has 2 aromatic rings. The Morgan fingerprint density at radius 3 is 2.27 bits per heavy atom. The monoisotopic (exact) mass is 386 g/mol. The lowest BCUT2D eigenvalue weighted by molar-refractivity contribution is -0.116. The summed E-state index contributed by atoms with van der Waals surface area (Å²) >= 11 is 3.25. The van der Waals surface area contributed by atoms with Crippen molar-refractivity contribution in [3.8, 4) is 0 Å². The molecule has 22 heavy (non-hydrogen) atoms. The first kappa shape index (κ1) is 16.4. The lowest BCUT2D eigenvalue weighted by Gasteiger charge is -2.24. The molecule has 5 nitrogen and oxygen atoms in total. The molecule has 0 heterocycles. The lowest BCUT2D eigenvalue weighted by Crippen LogP contribution is -2.38. The van der Waals surface area contributed by atoms with Gasteiger partial charge in [-0.1, -0.05) is 12.1 Å². The molecular weight excluding hydrogens is 375 g/mol. The van der Waals surface area contributed by atoms with Gasteiger partial charge in [0.05, 0.1) is 10.6 Å². The molecule has 0 saturated heterocycles. The van der Waals surface area contributed by atoms with Crippen LogP contribution in [-0.4, -0.2) is 20.9 Å². The highest BCUT2D eigenvalue weighted by molar-refractivity contribution is 9.10. The zero-order valence-electron chi connectivity index (χ0n) is 11.2. The van der Waals surface area contributed by atoms with Crippen LogP contribution in [-0.2, 0) is 14.8 Å². The van der Waals surface area contributed by atoms with Gasteiger partial charge in [0.2, 0.25) is 5.91 Å². The Bertz CT molecular complexity index is 794. The molecule has 0 spiro atoms. The average Bonchev–Trinajstić information content (AvgIpc) is 2.46. The van der Waals surface area contributed by atoms with Gasteiger partial charge in [0.15, 0.2) is 0 Å². The molecular formula is C14H12BrFN2O3S. The summed E-state index contributed by atoms with van der Waals surface area (Å²) in [6, 6.07) is 10.9. The van der Waals surface area contributed by atoms with Gasteiger partial charge in [-0.15, -0.1) is 0 Å². The zero-order chi connectivity index (χ0) is 16.3. The van der Waals surface area contributed by atoms with E-state index in [1.807, 2.05) is 0 Å². The number of hydrogen-bond acceptors (Lipinski definition) is 3. The largest absolute Gasteiger partial charge is 0.368 e. The molecule has 0 saturated carbocycles. The van der Waals surface area contributed by atoms with Gasteiger partial charge >= 0.3 is 0 Å². The highest BCUT2D eigenvalue weighted by Crippen LogP contribution is 2.30. The zero-order valence-corrected chi connectivity index (χ0v) is 13.6. The number of sulfonamides is 1. The first-order valence-corrected chi connectivity index (χ1v) is 8.37. The van der Waals surface area contributed by atoms with E-state index in [4.69, 9.17) is 5.73 Å². The quantitative estimate of drug-likeness (QED) is 0.855. The fourth-order valence-electron chi connectivity index (χ4n) is 1.83. The van der Waals surface area contributed by atoms with E-state index in [2.05, 4.69) is 15.9 Å². The summed E-state index contributed by atoms with van der Waals surface area (Å²) in [6.07, 6.45) is 0. The summed E-state index contributed by atoms with van der Waals surface area (Å²) in [5, 5.41) is 0. The summed E-state index contributed by atoms with van der Waals surface area (Å²) in [4.78, 5) is 11.1. The number of amides is 1. The molecule has 0 unspecified atom stereocenters. The first-order valence-electron chi connectivity index (χ1n) is 6.13. The minimum absolute atomic E-state index is 0.133. The fourth-order valence-corrected chi connectivity index (χ4v) is 3.90. The van der Waals surface area contributed by atoms with E-state index in [0.29, 0.717) is 4.47 Å². The Hall–Kier alpha value is -1.93. The predicted molar refractivity (Wildman–Crippen MR) is 84.3 cm³/mol. The highest BCUT2D eigenvalue weighted by Gasteiger charge is 2.27. The van der Waals surface area contributed by atoms with Crippen LogP contribution in [0.15, 0.2) is 57.9 Å². The third-order valence-electron chi connectivity index (χ3n) is 2.82. The second-order valence-corrected chi connectivity index (χ2v) is 7.10. The van der Waals surface area contributed by atoms with Crippen LogP contribution in [0.5, 0.6) is 0 Å². The highest BCUT2D eigenvalue weighted by atomic mass is 79.9. The molecule has 0 aliphatic carbocycles. The first-order chi connectivity index (χ1) is 10.3. The Morgan fingerprint density at radius 1 is 1.14 bits per heavy atom. The molecule has 0 bridgehead atoms. The lowest BCUT2D eigenvalue weighted by atomic mass is 10.3. The summed E-state index contributed by atoms with van der Waals surface area (Å²) in [5.41, 5.74) is 5.43. The van der Waals surface area contributed by atoms with Crippen LogP contribution < -0.4 is 10.0 Å². The van der Waals surface area contributed by atoms with E-state index in [-0.39, 0.29) is 10.6 Å². The minimum Gasteiger partial charge on any atom is -0.368 e. The molecule has 0 atom stereocenters. The van der Waals surface area contributed by atoms with E-state index >= 15 is 0 Å². The SMILES string of the molecule is NC(=O)CN(c1ccccc1Br)S(=O)(=O)c1ccc(F)cc1. The van der Waals surface area contributed by atoms with E-state index in [1.165, 1.54) is 6.07 Å². The van der Waals surface area contributed by atoms with Crippen LogP contribution in [0.4, 0.5) is 10.1 Å². The molecule has 2 aromatic carbocycles. The maximum absolute atomic E-state index is 13.0. The Morgan fingerprint density at radius 2 is 1.73 bits per heavy atom. The van der Waals surface area contributed by atoms with Crippen LogP contribution >= 0.6 is 15.9 Å². The van der Waals surface area contributed by atoms with Crippen LogP contribution in [0, 0.1) is 5.82 Å². The third-order valence-corrected chi connectivity index (χ3v) is 5.27. The van der Waals surface area contributed by atoms with Crippen molar-refractivity contribution in [3.63, 3.8) is 0 Å². The fraction of sp³-hybridized carbons (Fsp3) is 0.0714. The van der Waals surface area contributed by atoms with Gasteiger partial charge in [-0.05, 0) is 52.3 Å². The van der Waals surface area contributed by atoms with E-state index in [9.17, 15) is 17.6 Å². The van der Waals surface area contributed by atoms with Crippen LogP contribution in [0.2, 0.25) is 0 Å². The smallest absolute Gasteiger partial charge is 0.264 e. The normalized spacial score (nSPS) is 11.2. The van der Waals surface area contributed by atoms with Crippen molar-refractivity contribution in [1.82, 2.24) is 0 Å². The second-order valence-electron chi connectivity index (χ2n) is 4.38. The number of rotatable bonds is 5. The molecule has 0 aliphatic heterocycles. The third kappa shape index (κ3) is 3.45. The standard InChI is InChI=1S/C14H12BrFN2O3S/c15-12-3-1-2-4-13(12)18(9-14(17)19)22(20,21)11-7-5-10(16)6-8-11/h1-8H,9H2,(H2,17,19). The molecule has 2 N–H and O–H groups in total. The molecule has 2 rings (SSSR count). The minimum atomic E-state index is -4.05. The topological polar surface area (TPSA) is 80.5 Å². The van der Waals surface area contributed by atoms with Crippen molar-refractivity contribution in [3.05, 3.63) is 58.8 Å². The maximum atomic E-state index is 13.0. The molecule has 1 amide bonds. The van der Waals surface area contributed by atoms with Gasteiger partial charge in [-0.2, -0.15) is 0 Å². The van der Waals surface area contributed by atoms with Crippen LogP contribution in [0.25, 0.3) is 0 Å². The van der Waals surface area contributed by atoms with Gasteiger partial charge in [0.1, 0.15) is 12.4 Å². The van der Waals surface area contributed by atoms with Gasteiger partial charge in [0, 0.05) is 4.47 Å². The Kier molecular flexibility index (Phi) is 4.82. The van der Waals surface area contributed by atoms with Gasteiger partial charge in [0.25, 0.3) is 10.0 Å². The number of para-hydroxylation sites is 1. The molecule has 0 radical (unpaired) electrons. The Labute approximate surface area is 135 Å². The maximum Gasteiger partial charge on any atom is 0.264 e. The van der Waals surface area contributed by atoms with E-state index in [0.717, 1.165) is 28.6 Å². The van der Waals surface area contributed by atoms with Crippen LogP contribution in [0.3, 0.4) is 0 Å². The Balaban J connectivity index is 2.56. The van der Waals surface area contributed by atoms with Crippen molar-refractivity contribution >= 4 is 37.5 Å². The number of nitrogens with two attached hydrogens (primary N) is 1. The molecule has 0 aromatic heterocycles. The van der Waals surface area contributed by atoms with Crippen molar-refractivity contribution in [1.29, 1.82) is 0 Å². The number of anilines is 1. The number of carbonyl (C=O) groups is 1. The summed E-state index contributed by atoms with van der Waals surface area (Å²) in [6.45, 7) is -0.525. The predicted octanol–water partition coefficient (Wildman–Crippen LogP) is 2.27. The summed E-state index contributed by atoms with van der Waals surface area (Å²) < 4.78 is 39.8. The molecule has 0 aliphatic rings. The van der Waals surface area contributed by atoms with Crippen molar-refractivity contribution in [2.24, 2.45) is 5.73 Å². The van der Waals surface area contributed by atoms with E-state index < -0.39 is 28.3 Å².